The topological polar surface area (TPSA) is 0 Å². The second-order valence-corrected chi connectivity index (χ2v) is 5.96. The molecule has 1 aromatic carbocycles. The second-order valence-electron chi connectivity index (χ2n) is 5.00. The fraction of sp³-hybridized carbons (Fsp3) is 0.538. The van der Waals surface area contributed by atoms with Gasteiger partial charge in [-0.1, -0.05) is 44.5 Å². The molecule has 1 atom stereocenters. The number of hydrogen-bond acceptors (Lipinski definition) is 0. The van der Waals surface area contributed by atoms with E-state index in [1.807, 2.05) is 12.1 Å². The molecular formula is C13H18Cl2. The number of benzene rings is 1. The monoisotopic (exact) mass is 244 g/mol. The van der Waals surface area contributed by atoms with Crippen LogP contribution in [-0.2, 0) is 6.42 Å². The molecule has 0 saturated carbocycles. The summed E-state index contributed by atoms with van der Waals surface area (Å²) in [5, 5.41) is 1.00. The van der Waals surface area contributed by atoms with Crippen LogP contribution >= 0.6 is 23.2 Å². The van der Waals surface area contributed by atoms with E-state index in [1.165, 1.54) is 5.56 Å². The summed E-state index contributed by atoms with van der Waals surface area (Å²) >= 11 is 12.1. The average Bonchev–Trinajstić information content (AvgIpc) is 2.15. The van der Waals surface area contributed by atoms with Crippen LogP contribution in [0.25, 0.3) is 0 Å². The zero-order valence-corrected chi connectivity index (χ0v) is 11.1. The van der Waals surface area contributed by atoms with Gasteiger partial charge < -0.3 is 0 Å². The zero-order chi connectivity index (χ0) is 11.5. The molecule has 0 nitrogen and oxygen atoms in total. The average molecular weight is 245 g/mol. The predicted octanol–water partition coefficient (Wildman–Crippen LogP) is 4.93. The van der Waals surface area contributed by atoms with Gasteiger partial charge >= 0.3 is 0 Å². The molecule has 2 heteroatoms. The quantitative estimate of drug-likeness (QED) is 0.662. The van der Waals surface area contributed by atoms with Gasteiger partial charge in [0.05, 0.1) is 0 Å². The highest BCUT2D eigenvalue weighted by Gasteiger charge is 2.21. The molecule has 0 amide bonds. The largest absolute Gasteiger partial charge is 0.122 e. The Morgan fingerprint density at radius 2 is 1.67 bits per heavy atom. The van der Waals surface area contributed by atoms with E-state index in [4.69, 9.17) is 23.2 Å². The zero-order valence-electron chi connectivity index (χ0n) is 9.56. The van der Waals surface area contributed by atoms with Gasteiger partial charge in [0.2, 0.25) is 0 Å². The van der Waals surface area contributed by atoms with E-state index < -0.39 is 0 Å². The van der Waals surface area contributed by atoms with Gasteiger partial charge in [0.25, 0.3) is 0 Å². The summed E-state index contributed by atoms with van der Waals surface area (Å²) in [6.07, 6.45) is 2.02. The van der Waals surface area contributed by atoms with Crippen LogP contribution in [0.3, 0.4) is 0 Å². The summed E-state index contributed by atoms with van der Waals surface area (Å²) in [5.74, 6) is 0. The first-order chi connectivity index (χ1) is 6.89. The third-order valence-electron chi connectivity index (χ3n) is 2.54. The first-order valence-corrected chi connectivity index (χ1v) is 6.09. The lowest BCUT2D eigenvalue weighted by molar-refractivity contribution is 0.374. The number of aryl methyl sites for hydroxylation is 1. The van der Waals surface area contributed by atoms with E-state index in [0.29, 0.717) is 0 Å². The third kappa shape index (κ3) is 4.44. The van der Waals surface area contributed by atoms with E-state index in [0.717, 1.165) is 17.9 Å². The maximum atomic E-state index is 6.31. The highest BCUT2D eigenvalue weighted by Crippen LogP contribution is 2.28. The molecule has 0 fully saturated rings. The van der Waals surface area contributed by atoms with E-state index in [9.17, 15) is 0 Å². The number of rotatable bonds is 3. The SMILES string of the molecule is CC(C)(C)C(Cl)CCc1ccc(Cl)cc1. The van der Waals surface area contributed by atoms with Crippen LogP contribution in [0, 0.1) is 5.41 Å². The Morgan fingerprint density at radius 1 is 1.13 bits per heavy atom. The van der Waals surface area contributed by atoms with Crippen LogP contribution in [0.2, 0.25) is 5.02 Å². The third-order valence-corrected chi connectivity index (χ3v) is 3.66. The highest BCUT2D eigenvalue weighted by atomic mass is 35.5. The van der Waals surface area contributed by atoms with Gasteiger partial charge in [-0.15, -0.1) is 11.6 Å². The Labute approximate surface area is 103 Å². The van der Waals surface area contributed by atoms with E-state index in [1.54, 1.807) is 0 Å². The molecule has 0 aliphatic rings. The Kier molecular flexibility index (Phi) is 4.48. The minimum Gasteiger partial charge on any atom is -0.122 e. The molecule has 84 valence electrons. The van der Waals surface area contributed by atoms with Crippen molar-refractivity contribution in [2.45, 2.75) is 39.0 Å². The lowest BCUT2D eigenvalue weighted by Crippen LogP contribution is -2.21. The van der Waals surface area contributed by atoms with Gasteiger partial charge in [-0.3, -0.25) is 0 Å². The molecule has 0 bridgehead atoms. The number of hydrogen-bond donors (Lipinski definition) is 0. The Morgan fingerprint density at radius 3 is 2.13 bits per heavy atom. The molecule has 0 aromatic heterocycles. The number of alkyl halides is 1. The first-order valence-electron chi connectivity index (χ1n) is 5.28. The predicted molar refractivity (Wildman–Crippen MR) is 68.9 cm³/mol. The van der Waals surface area contributed by atoms with Gasteiger partial charge in [0.15, 0.2) is 0 Å². The first kappa shape index (κ1) is 12.9. The van der Waals surface area contributed by atoms with E-state index in [-0.39, 0.29) is 10.8 Å². The lowest BCUT2D eigenvalue weighted by Gasteiger charge is -2.25. The van der Waals surface area contributed by atoms with Crippen molar-refractivity contribution in [3.05, 3.63) is 34.9 Å². The number of halogens is 2. The summed E-state index contributed by atoms with van der Waals surface area (Å²) in [7, 11) is 0. The summed E-state index contributed by atoms with van der Waals surface area (Å²) in [5.41, 5.74) is 1.47. The van der Waals surface area contributed by atoms with Crippen LogP contribution in [0.15, 0.2) is 24.3 Å². The van der Waals surface area contributed by atoms with Gasteiger partial charge in [-0.05, 0) is 36.0 Å². The summed E-state index contributed by atoms with van der Waals surface area (Å²) in [6.45, 7) is 6.52. The molecule has 0 N–H and O–H groups in total. The van der Waals surface area contributed by atoms with Gasteiger partial charge in [0.1, 0.15) is 0 Å². The van der Waals surface area contributed by atoms with Crippen molar-refractivity contribution >= 4 is 23.2 Å². The van der Waals surface area contributed by atoms with Crippen molar-refractivity contribution in [2.75, 3.05) is 0 Å². The molecule has 0 radical (unpaired) electrons. The Hall–Kier alpha value is -0.200. The minimum atomic E-state index is 0.175. The van der Waals surface area contributed by atoms with Crippen LogP contribution < -0.4 is 0 Å². The molecular weight excluding hydrogens is 227 g/mol. The van der Waals surface area contributed by atoms with Crippen molar-refractivity contribution in [1.29, 1.82) is 0 Å². The van der Waals surface area contributed by atoms with Gasteiger partial charge in [-0.2, -0.15) is 0 Å². The van der Waals surface area contributed by atoms with Gasteiger partial charge in [0, 0.05) is 10.4 Å². The molecule has 1 rings (SSSR count). The lowest BCUT2D eigenvalue weighted by atomic mass is 9.88. The fourth-order valence-corrected chi connectivity index (χ4v) is 1.61. The highest BCUT2D eigenvalue weighted by molar-refractivity contribution is 6.30. The molecule has 1 aromatic rings. The standard InChI is InChI=1S/C13H18Cl2/c1-13(2,3)12(15)9-6-10-4-7-11(14)8-5-10/h4-5,7-8,12H,6,9H2,1-3H3. The fourth-order valence-electron chi connectivity index (χ4n) is 1.38. The summed E-state index contributed by atoms with van der Waals surface area (Å²) < 4.78 is 0. The van der Waals surface area contributed by atoms with E-state index >= 15 is 0 Å². The van der Waals surface area contributed by atoms with Crippen LogP contribution in [0.5, 0.6) is 0 Å². The van der Waals surface area contributed by atoms with Gasteiger partial charge in [-0.25, -0.2) is 0 Å². The van der Waals surface area contributed by atoms with E-state index in [2.05, 4.69) is 32.9 Å². The minimum absolute atomic E-state index is 0.175. The molecule has 0 saturated heterocycles. The molecule has 0 heterocycles. The molecule has 1 unspecified atom stereocenters. The normalized spacial score (nSPS) is 13.9. The van der Waals surface area contributed by atoms with Crippen molar-refractivity contribution in [1.82, 2.24) is 0 Å². The smallest absolute Gasteiger partial charge is 0.0406 e. The molecule has 0 aliphatic heterocycles. The molecule has 0 spiro atoms. The second kappa shape index (κ2) is 5.23. The van der Waals surface area contributed by atoms with Crippen LogP contribution in [0.1, 0.15) is 32.8 Å². The maximum Gasteiger partial charge on any atom is 0.0406 e. The Balaban J connectivity index is 2.47. The Bertz CT molecular complexity index is 295. The summed E-state index contributed by atoms with van der Waals surface area (Å²) in [4.78, 5) is 0. The van der Waals surface area contributed by atoms with Crippen molar-refractivity contribution in [3.8, 4) is 0 Å². The van der Waals surface area contributed by atoms with Crippen molar-refractivity contribution < 1.29 is 0 Å². The molecule has 0 aliphatic carbocycles. The van der Waals surface area contributed by atoms with Crippen LogP contribution in [-0.4, -0.2) is 5.38 Å². The van der Waals surface area contributed by atoms with Crippen LogP contribution in [0.4, 0.5) is 0 Å². The molecule has 15 heavy (non-hydrogen) atoms. The summed E-state index contributed by atoms with van der Waals surface area (Å²) in [6, 6.07) is 7.98. The van der Waals surface area contributed by atoms with Crippen molar-refractivity contribution in [2.24, 2.45) is 5.41 Å². The maximum absolute atomic E-state index is 6.31. The van der Waals surface area contributed by atoms with Crippen molar-refractivity contribution in [3.63, 3.8) is 0 Å².